The zero-order valence-corrected chi connectivity index (χ0v) is 19.5. The summed E-state index contributed by atoms with van der Waals surface area (Å²) in [6.07, 6.45) is 3.60. The Balaban J connectivity index is 1.43. The van der Waals surface area contributed by atoms with E-state index >= 15 is 0 Å². The Morgan fingerprint density at radius 2 is 1.68 bits per heavy atom. The van der Waals surface area contributed by atoms with Gasteiger partial charge in [-0.25, -0.2) is 0 Å². The molecule has 4 rings (SSSR count). The number of benzene rings is 1. The van der Waals surface area contributed by atoms with Crippen LogP contribution in [0.15, 0.2) is 35.7 Å². The Labute approximate surface area is 189 Å². The van der Waals surface area contributed by atoms with Crippen molar-refractivity contribution in [2.75, 3.05) is 39.3 Å². The average Bonchev–Trinajstić information content (AvgIpc) is 3.27. The van der Waals surface area contributed by atoms with Crippen LogP contribution in [0, 0.1) is 6.92 Å². The molecule has 0 saturated carbocycles. The van der Waals surface area contributed by atoms with Gasteiger partial charge in [0.25, 0.3) is 0 Å². The van der Waals surface area contributed by atoms with Crippen LogP contribution in [0.5, 0.6) is 0 Å². The van der Waals surface area contributed by atoms with Crippen LogP contribution in [0.4, 0.5) is 0 Å². The van der Waals surface area contributed by atoms with Gasteiger partial charge < -0.3 is 9.80 Å². The Bertz CT molecular complexity index is 917. The zero-order valence-electron chi connectivity index (χ0n) is 18.7. The summed E-state index contributed by atoms with van der Waals surface area (Å²) in [5, 5.41) is 2.18. The highest BCUT2D eigenvalue weighted by Crippen LogP contribution is 2.38. The van der Waals surface area contributed by atoms with Crippen LogP contribution in [-0.4, -0.2) is 65.8 Å². The van der Waals surface area contributed by atoms with Crippen LogP contribution in [0.1, 0.15) is 53.8 Å². The number of aryl methyl sites for hydroxylation is 1. The molecule has 1 aromatic carbocycles. The molecule has 6 heteroatoms. The first-order valence-corrected chi connectivity index (χ1v) is 12.4. The first-order valence-electron chi connectivity index (χ1n) is 11.5. The van der Waals surface area contributed by atoms with Crippen LogP contribution in [0.25, 0.3) is 0 Å². The Kier molecular flexibility index (Phi) is 7.08. The van der Waals surface area contributed by atoms with E-state index < -0.39 is 0 Å². The van der Waals surface area contributed by atoms with E-state index in [1.54, 1.807) is 0 Å². The molecule has 0 aliphatic carbocycles. The van der Waals surface area contributed by atoms with Crippen molar-refractivity contribution in [3.63, 3.8) is 0 Å². The van der Waals surface area contributed by atoms with Crippen molar-refractivity contribution in [3.8, 4) is 0 Å². The molecule has 31 heavy (non-hydrogen) atoms. The van der Waals surface area contributed by atoms with Crippen molar-refractivity contribution < 1.29 is 9.59 Å². The lowest BCUT2D eigenvalue weighted by atomic mass is 9.90. The van der Waals surface area contributed by atoms with Gasteiger partial charge in [-0.05, 0) is 47.9 Å². The lowest BCUT2D eigenvalue weighted by molar-refractivity contribution is -0.140. The molecule has 2 aliphatic heterocycles. The topological polar surface area (TPSA) is 43.9 Å². The van der Waals surface area contributed by atoms with Gasteiger partial charge in [-0.15, -0.1) is 11.3 Å². The van der Waals surface area contributed by atoms with Gasteiger partial charge in [-0.3, -0.25) is 14.5 Å². The number of fused-ring (bicyclic) bond motifs is 1. The maximum atomic E-state index is 13.2. The van der Waals surface area contributed by atoms with Gasteiger partial charge in [-0.2, -0.15) is 0 Å². The van der Waals surface area contributed by atoms with Crippen LogP contribution >= 0.6 is 11.3 Å². The number of thiophene rings is 1. The molecule has 1 atom stereocenters. The second-order valence-corrected chi connectivity index (χ2v) is 9.64. The molecule has 0 radical (unpaired) electrons. The maximum absolute atomic E-state index is 13.2. The minimum atomic E-state index is 0.136. The summed E-state index contributed by atoms with van der Waals surface area (Å²) in [6.45, 7) is 8.19. The highest BCUT2D eigenvalue weighted by atomic mass is 32.1. The smallest absolute Gasteiger partial charge is 0.236 e. The van der Waals surface area contributed by atoms with E-state index in [0.717, 1.165) is 25.8 Å². The summed E-state index contributed by atoms with van der Waals surface area (Å²) < 4.78 is 0. The van der Waals surface area contributed by atoms with Crippen molar-refractivity contribution in [2.45, 2.75) is 45.6 Å². The number of carbonyl (C=O) groups excluding carboxylic acids is 2. The summed E-state index contributed by atoms with van der Waals surface area (Å²) in [5.74, 6) is 0.410. The molecule has 2 amide bonds. The normalized spacial score (nSPS) is 19.4. The number of rotatable bonds is 6. The standard InChI is InChI=1S/C25H33N3O2S/c1-3-4-9-23(29)26-13-15-27(16-14-26)24(30)18-28-12-10-22-21(11-17-31-22)25(28)20-8-6-5-7-19(20)2/h5-8,11,17,25H,3-4,9-10,12-16,18H2,1-2H3. The van der Waals surface area contributed by atoms with Gasteiger partial charge in [0.2, 0.25) is 11.8 Å². The molecular formula is C25H33N3O2S. The number of carbonyl (C=O) groups is 2. The van der Waals surface area contributed by atoms with E-state index in [-0.39, 0.29) is 17.9 Å². The van der Waals surface area contributed by atoms with E-state index in [1.165, 1.54) is 21.6 Å². The Morgan fingerprint density at radius 3 is 2.39 bits per heavy atom. The number of hydrogen-bond donors (Lipinski definition) is 0. The van der Waals surface area contributed by atoms with E-state index in [9.17, 15) is 9.59 Å². The summed E-state index contributed by atoms with van der Waals surface area (Å²) in [6, 6.07) is 10.9. The number of piperazine rings is 1. The minimum absolute atomic E-state index is 0.136. The van der Waals surface area contributed by atoms with Crippen LogP contribution in [0.3, 0.4) is 0 Å². The number of amides is 2. The highest BCUT2D eigenvalue weighted by molar-refractivity contribution is 7.10. The minimum Gasteiger partial charge on any atom is -0.339 e. The zero-order chi connectivity index (χ0) is 21.8. The highest BCUT2D eigenvalue weighted by Gasteiger charge is 2.33. The third-order valence-corrected chi connectivity index (χ3v) is 7.61. The summed E-state index contributed by atoms with van der Waals surface area (Å²) in [5.41, 5.74) is 3.91. The summed E-state index contributed by atoms with van der Waals surface area (Å²) >= 11 is 1.83. The lowest BCUT2D eigenvalue weighted by Crippen LogP contribution is -2.53. The van der Waals surface area contributed by atoms with Crippen molar-refractivity contribution in [1.82, 2.24) is 14.7 Å². The predicted molar refractivity (Wildman–Crippen MR) is 125 cm³/mol. The molecule has 5 nitrogen and oxygen atoms in total. The molecule has 166 valence electrons. The Hall–Kier alpha value is -2.18. The third-order valence-electron chi connectivity index (χ3n) is 6.62. The fourth-order valence-electron chi connectivity index (χ4n) is 4.76. The van der Waals surface area contributed by atoms with Crippen LogP contribution < -0.4 is 0 Å². The largest absolute Gasteiger partial charge is 0.339 e. The first-order chi connectivity index (χ1) is 15.1. The second kappa shape index (κ2) is 9.96. The molecule has 2 aromatic rings. The molecule has 1 saturated heterocycles. The monoisotopic (exact) mass is 439 g/mol. The van der Waals surface area contributed by atoms with Gasteiger partial charge in [0.05, 0.1) is 12.6 Å². The summed E-state index contributed by atoms with van der Waals surface area (Å²) in [4.78, 5) is 33.2. The van der Waals surface area contributed by atoms with Crippen molar-refractivity contribution in [3.05, 3.63) is 57.3 Å². The van der Waals surface area contributed by atoms with Gasteiger partial charge in [-0.1, -0.05) is 37.6 Å². The van der Waals surface area contributed by atoms with Gasteiger partial charge in [0.15, 0.2) is 0 Å². The lowest BCUT2D eigenvalue weighted by Gasteiger charge is -2.39. The van der Waals surface area contributed by atoms with Gasteiger partial charge in [0.1, 0.15) is 0 Å². The van der Waals surface area contributed by atoms with Crippen molar-refractivity contribution in [2.24, 2.45) is 0 Å². The molecule has 1 unspecified atom stereocenters. The van der Waals surface area contributed by atoms with Gasteiger partial charge >= 0.3 is 0 Å². The fourth-order valence-corrected chi connectivity index (χ4v) is 5.67. The van der Waals surface area contributed by atoms with Crippen LogP contribution in [0.2, 0.25) is 0 Å². The molecule has 3 heterocycles. The van der Waals surface area contributed by atoms with E-state index in [1.807, 2.05) is 21.1 Å². The van der Waals surface area contributed by atoms with Crippen molar-refractivity contribution >= 4 is 23.2 Å². The fraction of sp³-hybridized carbons (Fsp3) is 0.520. The maximum Gasteiger partial charge on any atom is 0.236 e. The average molecular weight is 440 g/mol. The summed E-state index contributed by atoms with van der Waals surface area (Å²) in [7, 11) is 0. The van der Waals surface area contributed by atoms with Gasteiger partial charge in [0, 0.05) is 44.0 Å². The van der Waals surface area contributed by atoms with E-state index in [4.69, 9.17) is 0 Å². The number of hydrogen-bond acceptors (Lipinski definition) is 4. The SMILES string of the molecule is CCCCC(=O)N1CCN(C(=O)CN2CCc3sccc3C2c2ccccc2C)CC1. The second-order valence-electron chi connectivity index (χ2n) is 8.64. The molecule has 0 spiro atoms. The molecule has 1 aromatic heterocycles. The quantitative estimate of drug-likeness (QED) is 0.686. The molecule has 1 fully saturated rings. The molecular weight excluding hydrogens is 406 g/mol. The van der Waals surface area contributed by atoms with Crippen molar-refractivity contribution in [1.29, 1.82) is 0 Å². The molecule has 0 N–H and O–H groups in total. The first kappa shape index (κ1) is 22.0. The molecule has 2 aliphatic rings. The van der Waals surface area contributed by atoms with Crippen LogP contribution in [-0.2, 0) is 16.0 Å². The Morgan fingerprint density at radius 1 is 0.968 bits per heavy atom. The number of nitrogens with zero attached hydrogens (tertiary/aromatic N) is 3. The van der Waals surface area contributed by atoms with E-state index in [0.29, 0.717) is 39.1 Å². The van der Waals surface area contributed by atoms with E-state index in [2.05, 4.69) is 54.5 Å². The number of unbranched alkanes of at least 4 members (excludes halogenated alkanes) is 1. The molecule has 0 bridgehead atoms. The third kappa shape index (κ3) is 4.85. The predicted octanol–water partition coefficient (Wildman–Crippen LogP) is 3.87.